The van der Waals surface area contributed by atoms with E-state index in [1.165, 1.54) is 0 Å². The molecule has 0 aliphatic carbocycles. The minimum atomic E-state index is -0.275. The maximum atomic E-state index is 13.0. The molecule has 0 radical (unpaired) electrons. The smallest absolute Gasteiger partial charge is 0.255 e. The Hall–Kier alpha value is -4.39. The van der Waals surface area contributed by atoms with Crippen molar-refractivity contribution in [1.82, 2.24) is 4.98 Å². The largest absolute Gasteiger partial charge is 0.486 e. The Labute approximate surface area is 203 Å². The van der Waals surface area contributed by atoms with E-state index in [9.17, 15) is 9.59 Å². The van der Waals surface area contributed by atoms with Gasteiger partial charge in [-0.25, -0.2) is 0 Å². The lowest BCUT2D eigenvalue weighted by Crippen LogP contribution is -2.18. The number of aryl methyl sites for hydroxylation is 3. The number of nitrogens with one attached hydrogen (secondary N) is 2. The van der Waals surface area contributed by atoms with Gasteiger partial charge in [0.15, 0.2) is 11.5 Å². The van der Waals surface area contributed by atoms with Crippen LogP contribution in [0.4, 0.5) is 11.4 Å². The fraction of sp³-hybridized carbons (Fsp3) is 0.179. The number of nitrogens with zero attached hydrogens (tertiary/aromatic N) is 1. The molecule has 0 saturated heterocycles. The van der Waals surface area contributed by atoms with Gasteiger partial charge in [0.2, 0.25) is 0 Å². The third-order valence-corrected chi connectivity index (χ3v) is 5.96. The minimum Gasteiger partial charge on any atom is -0.486 e. The molecule has 5 rings (SSSR count). The molecule has 2 N–H and O–H groups in total. The predicted octanol–water partition coefficient (Wildman–Crippen LogP) is 5.44. The second-order valence-electron chi connectivity index (χ2n) is 8.61. The number of fused-ring (bicyclic) bond motifs is 2. The number of hydrogen-bond donors (Lipinski definition) is 2. The third kappa shape index (κ3) is 4.66. The normalized spacial score (nSPS) is 12.3. The average Bonchev–Trinajstić information content (AvgIpc) is 2.86. The van der Waals surface area contributed by atoms with Gasteiger partial charge in [-0.05, 0) is 80.4 Å². The molecule has 0 fully saturated rings. The van der Waals surface area contributed by atoms with Gasteiger partial charge in [-0.1, -0.05) is 12.1 Å². The molecule has 176 valence electrons. The first-order chi connectivity index (χ1) is 16.9. The molecule has 7 nitrogen and oxygen atoms in total. The maximum Gasteiger partial charge on any atom is 0.255 e. The van der Waals surface area contributed by atoms with E-state index < -0.39 is 0 Å². The summed E-state index contributed by atoms with van der Waals surface area (Å²) in [7, 11) is 0. The molecule has 0 bridgehead atoms. The topological polar surface area (TPSA) is 89.6 Å². The average molecular weight is 468 g/mol. The van der Waals surface area contributed by atoms with E-state index in [4.69, 9.17) is 9.47 Å². The van der Waals surface area contributed by atoms with Crippen LogP contribution in [0.15, 0.2) is 60.7 Å². The van der Waals surface area contributed by atoms with Crippen molar-refractivity contribution in [2.75, 3.05) is 23.8 Å². The number of amides is 2. The Morgan fingerprint density at radius 2 is 1.34 bits per heavy atom. The second kappa shape index (κ2) is 9.10. The van der Waals surface area contributed by atoms with Crippen LogP contribution in [0, 0.1) is 20.8 Å². The highest BCUT2D eigenvalue weighted by atomic mass is 16.6. The summed E-state index contributed by atoms with van der Waals surface area (Å²) < 4.78 is 11.1. The molecule has 4 aromatic rings. The predicted molar refractivity (Wildman–Crippen MR) is 136 cm³/mol. The van der Waals surface area contributed by atoms with E-state index >= 15 is 0 Å². The van der Waals surface area contributed by atoms with Crippen molar-refractivity contribution in [3.63, 3.8) is 0 Å². The van der Waals surface area contributed by atoms with Crippen LogP contribution in [0.25, 0.3) is 10.9 Å². The molecule has 7 heteroatoms. The van der Waals surface area contributed by atoms with Gasteiger partial charge in [-0.15, -0.1) is 0 Å². The van der Waals surface area contributed by atoms with Crippen LogP contribution in [0.3, 0.4) is 0 Å². The van der Waals surface area contributed by atoms with Crippen LogP contribution in [-0.4, -0.2) is 30.0 Å². The first-order valence-electron chi connectivity index (χ1n) is 11.4. The van der Waals surface area contributed by atoms with Crippen molar-refractivity contribution in [2.45, 2.75) is 20.8 Å². The Morgan fingerprint density at radius 3 is 2.06 bits per heavy atom. The van der Waals surface area contributed by atoms with E-state index in [1.54, 1.807) is 30.3 Å². The first-order valence-corrected chi connectivity index (χ1v) is 11.4. The third-order valence-electron chi connectivity index (χ3n) is 5.96. The molecule has 1 aliphatic heterocycles. The number of ether oxygens (including phenoxy) is 2. The van der Waals surface area contributed by atoms with Crippen molar-refractivity contribution in [3.05, 3.63) is 88.6 Å². The zero-order valence-electron chi connectivity index (χ0n) is 19.8. The van der Waals surface area contributed by atoms with Gasteiger partial charge >= 0.3 is 0 Å². The number of benzene rings is 3. The quantitative estimate of drug-likeness (QED) is 0.417. The summed E-state index contributed by atoms with van der Waals surface area (Å²) in [6.07, 6.45) is 0. The molecular formula is C28H25N3O4. The summed E-state index contributed by atoms with van der Waals surface area (Å²) in [5, 5.41) is 6.82. The summed E-state index contributed by atoms with van der Waals surface area (Å²) in [6, 6.07) is 18.1. The Kier molecular flexibility index (Phi) is 5.82. The molecule has 1 aliphatic rings. The SMILES string of the molecule is Cc1ccc2cc(C(=O)Nc3cc(NC(=O)c4ccc5c(c4)OCCO5)c(C)cc3C)ccc2n1. The van der Waals surface area contributed by atoms with Gasteiger partial charge in [0, 0.05) is 33.6 Å². The molecule has 2 amide bonds. The summed E-state index contributed by atoms with van der Waals surface area (Å²) in [6.45, 7) is 6.71. The molecule has 2 heterocycles. The highest BCUT2D eigenvalue weighted by molar-refractivity contribution is 6.08. The van der Waals surface area contributed by atoms with E-state index in [1.807, 2.05) is 51.1 Å². The number of pyridine rings is 1. The lowest BCUT2D eigenvalue weighted by molar-refractivity contribution is 0.101. The fourth-order valence-corrected chi connectivity index (χ4v) is 4.06. The lowest BCUT2D eigenvalue weighted by atomic mass is 10.1. The van der Waals surface area contributed by atoms with Crippen LogP contribution in [0.2, 0.25) is 0 Å². The molecule has 0 atom stereocenters. The van der Waals surface area contributed by atoms with E-state index in [2.05, 4.69) is 15.6 Å². The monoisotopic (exact) mass is 467 g/mol. The first kappa shape index (κ1) is 22.4. The van der Waals surface area contributed by atoms with Crippen LogP contribution < -0.4 is 20.1 Å². The van der Waals surface area contributed by atoms with Crippen molar-refractivity contribution in [1.29, 1.82) is 0 Å². The fourth-order valence-electron chi connectivity index (χ4n) is 4.06. The number of hydrogen-bond acceptors (Lipinski definition) is 5. The Balaban J connectivity index is 1.36. The maximum absolute atomic E-state index is 13.0. The standard InChI is InChI=1S/C28H25N3O4/c1-16-12-17(2)24(31-28(33)21-7-9-25-26(14-21)35-11-10-34-25)15-23(16)30-27(32)20-6-8-22-19(13-20)5-4-18(3)29-22/h4-9,12-15H,10-11H2,1-3H3,(H,30,32)(H,31,33). The van der Waals surface area contributed by atoms with Gasteiger partial charge < -0.3 is 20.1 Å². The van der Waals surface area contributed by atoms with Crippen LogP contribution >= 0.6 is 0 Å². The van der Waals surface area contributed by atoms with Crippen molar-refractivity contribution in [2.24, 2.45) is 0 Å². The van der Waals surface area contributed by atoms with Crippen LogP contribution in [0.5, 0.6) is 11.5 Å². The van der Waals surface area contributed by atoms with Crippen LogP contribution in [0.1, 0.15) is 37.5 Å². The second-order valence-corrected chi connectivity index (χ2v) is 8.61. The van der Waals surface area contributed by atoms with Gasteiger partial charge in [-0.2, -0.15) is 0 Å². The molecule has 0 spiro atoms. The summed E-state index contributed by atoms with van der Waals surface area (Å²) in [5.41, 5.74) is 5.78. The Bertz CT molecular complexity index is 1480. The van der Waals surface area contributed by atoms with Crippen molar-refractivity contribution >= 4 is 34.1 Å². The number of anilines is 2. The molecule has 3 aromatic carbocycles. The van der Waals surface area contributed by atoms with Gasteiger partial charge in [0.1, 0.15) is 13.2 Å². The zero-order valence-corrected chi connectivity index (χ0v) is 19.8. The number of aromatic nitrogens is 1. The minimum absolute atomic E-state index is 0.233. The summed E-state index contributed by atoms with van der Waals surface area (Å²) in [4.78, 5) is 30.4. The number of carbonyl (C=O) groups is 2. The Morgan fingerprint density at radius 1 is 0.714 bits per heavy atom. The summed E-state index contributed by atoms with van der Waals surface area (Å²) >= 11 is 0. The molecule has 1 aromatic heterocycles. The highest BCUT2D eigenvalue weighted by Gasteiger charge is 2.17. The van der Waals surface area contributed by atoms with E-state index in [0.29, 0.717) is 47.2 Å². The summed E-state index contributed by atoms with van der Waals surface area (Å²) in [5.74, 6) is 0.675. The highest BCUT2D eigenvalue weighted by Crippen LogP contribution is 2.32. The van der Waals surface area contributed by atoms with Gasteiger partial charge in [0.25, 0.3) is 11.8 Å². The van der Waals surface area contributed by atoms with E-state index in [0.717, 1.165) is 27.7 Å². The zero-order chi connectivity index (χ0) is 24.5. The molecule has 0 saturated carbocycles. The van der Waals surface area contributed by atoms with E-state index in [-0.39, 0.29) is 11.8 Å². The lowest BCUT2D eigenvalue weighted by Gasteiger charge is -2.19. The molecule has 35 heavy (non-hydrogen) atoms. The van der Waals surface area contributed by atoms with Gasteiger partial charge in [-0.3, -0.25) is 14.6 Å². The molecule has 0 unspecified atom stereocenters. The molecular weight excluding hydrogens is 442 g/mol. The number of rotatable bonds is 4. The van der Waals surface area contributed by atoms with Gasteiger partial charge in [0.05, 0.1) is 5.52 Å². The number of carbonyl (C=O) groups excluding carboxylic acids is 2. The van der Waals surface area contributed by atoms with Crippen molar-refractivity contribution < 1.29 is 19.1 Å². The van der Waals surface area contributed by atoms with Crippen molar-refractivity contribution in [3.8, 4) is 11.5 Å². The van der Waals surface area contributed by atoms with Crippen LogP contribution in [-0.2, 0) is 0 Å².